The van der Waals surface area contributed by atoms with Crippen molar-refractivity contribution in [3.63, 3.8) is 0 Å². The summed E-state index contributed by atoms with van der Waals surface area (Å²) in [5.41, 5.74) is 1.57. The first-order valence-electron chi connectivity index (χ1n) is 11.0. The minimum Gasteiger partial charge on any atom is -0.337 e. The summed E-state index contributed by atoms with van der Waals surface area (Å²) in [6.45, 7) is 3.38. The fourth-order valence-electron chi connectivity index (χ4n) is 6.87. The molecule has 4 nitrogen and oxygen atoms in total. The Labute approximate surface area is 178 Å². The summed E-state index contributed by atoms with van der Waals surface area (Å²) >= 11 is 3.25. The molecule has 6 heteroatoms. The maximum Gasteiger partial charge on any atom is 0.260 e. The average molecular weight is 427 g/mol. The highest BCUT2D eigenvalue weighted by atomic mass is 32.1. The molecule has 0 radical (unpaired) electrons. The minimum atomic E-state index is 0.00436. The monoisotopic (exact) mass is 426 g/mol. The first kappa shape index (κ1) is 18.3. The van der Waals surface area contributed by atoms with Crippen molar-refractivity contribution < 1.29 is 5.32 Å². The van der Waals surface area contributed by atoms with Crippen LogP contribution in [0, 0.1) is 23.2 Å². The van der Waals surface area contributed by atoms with Gasteiger partial charge in [-0.05, 0) is 74.6 Å². The zero-order valence-corrected chi connectivity index (χ0v) is 18.5. The number of aromatic nitrogens is 2. The third-order valence-corrected chi connectivity index (χ3v) is 9.53. The topological polar surface area (TPSA) is 62.4 Å². The average Bonchev–Trinajstić information content (AvgIpc) is 3.34. The van der Waals surface area contributed by atoms with Crippen LogP contribution in [0.2, 0.25) is 0 Å². The quantitative estimate of drug-likeness (QED) is 0.628. The predicted octanol–water partition coefficient (Wildman–Crippen LogP) is 4.55. The van der Waals surface area contributed by atoms with Gasteiger partial charge in [0.25, 0.3) is 5.56 Å². The molecule has 3 heterocycles. The van der Waals surface area contributed by atoms with E-state index in [9.17, 15) is 4.79 Å². The van der Waals surface area contributed by atoms with Crippen LogP contribution in [0.25, 0.3) is 20.7 Å². The molecule has 152 valence electrons. The van der Waals surface area contributed by atoms with E-state index in [-0.39, 0.29) is 11.6 Å². The molecule has 0 aliphatic heterocycles. The van der Waals surface area contributed by atoms with Gasteiger partial charge in [-0.1, -0.05) is 6.07 Å². The molecule has 0 saturated heterocycles. The van der Waals surface area contributed by atoms with E-state index in [1.807, 2.05) is 6.07 Å². The summed E-state index contributed by atoms with van der Waals surface area (Å²) in [5.74, 6) is 3.79. The normalized spacial score (nSPS) is 31.6. The lowest BCUT2D eigenvalue weighted by atomic mass is 9.49. The highest BCUT2D eigenvalue weighted by Crippen LogP contribution is 2.59. The maximum absolute atomic E-state index is 12.9. The Hall–Kier alpha value is -1.50. The molecule has 0 aromatic carbocycles. The molecule has 4 aliphatic carbocycles. The van der Waals surface area contributed by atoms with Gasteiger partial charge in [0.15, 0.2) is 5.82 Å². The molecule has 7 rings (SSSR count). The summed E-state index contributed by atoms with van der Waals surface area (Å²) in [5, 5.41) is 7.32. The van der Waals surface area contributed by atoms with Gasteiger partial charge in [-0.2, -0.15) is 0 Å². The molecule has 3 N–H and O–H groups in total. The number of hydrogen-bond donors (Lipinski definition) is 2. The summed E-state index contributed by atoms with van der Waals surface area (Å²) in [4.78, 5) is 22.9. The number of hydrogen-bond acceptors (Lipinski definition) is 4. The highest BCUT2D eigenvalue weighted by molar-refractivity contribution is 7.18. The third kappa shape index (κ3) is 3.11. The number of nitrogens with one attached hydrogen (secondary N) is 1. The number of fused-ring (bicyclic) bond motifs is 1. The number of nitrogens with zero attached hydrogens (tertiary/aromatic N) is 1. The largest absolute Gasteiger partial charge is 0.337 e. The fraction of sp³-hybridized carbons (Fsp3) is 0.565. The molecule has 4 aliphatic rings. The van der Waals surface area contributed by atoms with Crippen LogP contribution < -0.4 is 10.9 Å². The number of thiophene rings is 2. The molecule has 4 saturated carbocycles. The van der Waals surface area contributed by atoms with Crippen LogP contribution in [0.1, 0.15) is 57.3 Å². The zero-order valence-electron chi connectivity index (χ0n) is 16.8. The van der Waals surface area contributed by atoms with E-state index in [2.05, 4.69) is 34.1 Å². The zero-order chi connectivity index (χ0) is 19.6. The van der Waals surface area contributed by atoms with Gasteiger partial charge in [0.1, 0.15) is 10.9 Å². The lowest BCUT2D eigenvalue weighted by Crippen LogP contribution is -2.88. The van der Waals surface area contributed by atoms with E-state index < -0.39 is 0 Å². The van der Waals surface area contributed by atoms with Crippen molar-refractivity contribution in [1.29, 1.82) is 0 Å². The van der Waals surface area contributed by atoms with Crippen LogP contribution in [0.5, 0.6) is 0 Å². The molecule has 0 spiro atoms. The second kappa shape index (κ2) is 6.76. The molecular weight excluding hydrogens is 398 g/mol. The van der Waals surface area contributed by atoms with Gasteiger partial charge in [0.2, 0.25) is 0 Å². The third-order valence-electron chi connectivity index (χ3n) is 7.75. The second-order valence-electron chi connectivity index (χ2n) is 9.90. The van der Waals surface area contributed by atoms with Crippen LogP contribution in [-0.4, -0.2) is 16.5 Å². The van der Waals surface area contributed by atoms with Crippen LogP contribution in [0.15, 0.2) is 27.7 Å². The Morgan fingerprint density at radius 1 is 1.21 bits per heavy atom. The Morgan fingerprint density at radius 3 is 2.59 bits per heavy atom. The second-order valence-corrected chi connectivity index (χ2v) is 11.7. The van der Waals surface area contributed by atoms with E-state index in [1.54, 1.807) is 22.7 Å². The molecular formula is C23H28N3OS2+. The first-order valence-corrected chi connectivity index (χ1v) is 12.7. The van der Waals surface area contributed by atoms with Gasteiger partial charge in [0, 0.05) is 21.2 Å². The van der Waals surface area contributed by atoms with Crippen LogP contribution in [-0.2, 0) is 0 Å². The molecule has 4 fully saturated rings. The SMILES string of the molecule is C[C@H]([NH2+]CC12CC3CC(CC(C3)C1)C2)c1nc2scc(-c3cccs3)c2c(=O)[nH]1. The van der Waals surface area contributed by atoms with E-state index in [1.165, 1.54) is 45.1 Å². The van der Waals surface area contributed by atoms with Crippen molar-refractivity contribution in [2.75, 3.05) is 6.54 Å². The fourth-order valence-corrected chi connectivity index (χ4v) is 8.64. The smallest absolute Gasteiger partial charge is 0.260 e. The van der Waals surface area contributed by atoms with E-state index in [0.29, 0.717) is 5.41 Å². The van der Waals surface area contributed by atoms with Gasteiger partial charge >= 0.3 is 0 Å². The molecule has 3 aromatic heterocycles. The minimum absolute atomic E-state index is 0.00436. The van der Waals surface area contributed by atoms with Gasteiger partial charge in [-0.25, -0.2) is 4.98 Å². The van der Waals surface area contributed by atoms with Crippen LogP contribution in [0.4, 0.5) is 0 Å². The number of quaternary nitrogens is 1. The molecule has 4 bridgehead atoms. The van der Waals surface area contributed by atoms with Crippen molar-refractivity contribution >= 4 is 32.9 Å². The summed E-state index contributed by atoms with van der Waals surface area (Å²) in [6.07, 6.45) is 8.77. The van der Waals surface area contributed by atoms with Crippen molar-refractivity contribution in [2.45, 2.75) is 51.5 Å². The Balaban J connectivity index is 1.23. The molecule has 1 atom stereocenters. The first-order chi connectivity index (χ1) is 14.1. The van der Waals surface area contributed by atoms with Crippen molar-refractivity contribution in [1.82, 2.24) is 9.97 Å². The lowest BCUT2D eigenvalue weighted by Gasteiger charge is -2.56. The lowest BCUT2D eigenvalue weighted by molar-refractivity contribution is -0.706. The number of nitrogens with two attached hydrogens (primary N) is 1. The van der Waals surface area contributed by atoms with Crippen molar-refractivity contribution in [3.8, 4) is 10.4 Å². The maximum atomic E-state index is 12.9. The Kier molecular flexibility index (Phi) is 4.26. The van der Waals surface area contributed by atoms with E-state index in [4.69, 9.17) is 4.98 Å². The summed E-state index contributed by atoms with van der Waals surface area (Å²) in [6, 6.07) is 4.29. The number of rotatable bonds is 5. The summed E-state index contributed by atoms with van der Waals surface area (Å²) in [7, 11) is 0. The Morgan fingerprint density at radius 2 is 1.93 bits per heavy atom. The molecule has 3 aromatic rings. The summed E-state index contributed by atoms with van der Waals surface area (Å²) < 4.78 is 0. The van der Waals surface area contributed by atoms with Crippen LogP contribution in [0.3, 0.4) is 0 Å². The van der Waals surface area contributed by atoms with E-state index >= 15 is 0 Å². The molecule has 0 unspecified atom stereocenters. The van der Waals surface area contributed by atoms with Gasteiger partial charge in [-0.15, -0.1) is 22.7 Å². The van der Waals surface area contributed by atoms with Crippen molar-refractivity contribution in [2.24, 2.45) is 23.2 Å². The Bertz CT molecular complexity index is 1060. The van der Waals surface area contributed by atoms with Crippen LogP contribution >= 0.6 is 22.7 Å². The van der Waals surface area contributed by atoms with Gasteiger partial charge in [-0.3, -0.25) is 4.79 Å². The standard InChI is InChI=1S/C23H27N3OS2/c1-13(24-12-23-8-14-5-15(9-23)7-16(6-14)10-23)20-25-21(27)19-17(11-29-22(19)26-20)18-3-2-4-28-18/h2-4,11,13-16,24H,5-10,12H2,1H3,(H,25,26,27)/p+1/t13-,14?,15?,16?,23?/m0/s1. The van der Waals surface area contributed by atoms with Gasteiger partial charge in [0.05, 0.1) is 11.9 Å². The highest BCUT2D eigenvalue weighted by Gasteiger charge is 2.51. The van der Waals surface area contributed by atoms with E-state index in [0.717, 1.165) is 44.2 Å². The number of H-pyrrole nitrogens is 1. The predicted molar refractivity (Wildman–Crippen MR) is 119 cm³/mol. The molecule has 29 heavy (non-hydrogen) atoms. The molecule has 0 amide bonds. The van der Waals surface area contributed by atoms with Gasteiger partial charge < -0.3 is 10.3 Å². The number of aromatic amines is 1. The van der Waals surface area contributed by atoms with Crippen molar-refractivity contribution in [3.05, 3.63) is 39.1 Å².